The molecule has 3 amide bonds. The van der Waals surface area contributed by atoms with Crippen LogP contribution in [0.2, 0.25) is 0 Å². The molecule has 0 aromatic heterocycles. The van der Waals surface area contributed by atoms with Gasteiger partial charge in [-0.25, -0.2) is 0 Å². The van der Waals surface area contributed by atoms with Crippen LogP contribution in [0.3, 0.4) is 0 Å². The Labute approximate surface area is 173 Å². The molecule has 1 N–H and O–H groups in total. The van der Waals surface area contributed by atoms with Gasteiger partial charge in [-0.15, -0.1) is 0 Å². The first-order chi connectivity index (χ1) is 13.9. The Bertz CT molecular complexity index is 970. The number of hydrogen-bond donors (Lipinski definition) is 1. The molecule has 2 aromatic carbocycles. The molecule has 8 heteroatoms. The van der Waals surface area contributed by atoms with Gasteiger partial charge >= 0.3 is 0 Å². The minimum Gasteiger partial charge on any atom is -0.495 e. The molecule has 1 aliphatic heterocycles. The molecule has 150 valence electrons. The third-order valence-corrected chi connectivity index (χ3v) is 5.17. The topological polar surface area (TPSA) is 79.0 Å². The van der Waals surface area contributed by atoms with E-state index >= 15 is 0 Å². The number of anilines is 2. The van der Waals surface area contributed by atoms with Crippen molar-refractivity contribution in [2.75, 3.05) is 38.0 Å². The van der Waals surface area contributed by atoms with Gasteiger partial charge in [0.15, 0.2) is 0 Å². The zero-order valence-corrected chi connectivity index (χ0v) is 17.2. The lowest BCUT2D eigenvalue weighted by Crippen LogP contribution is -2.36. The van der Waals surface area contributed by atoms with E-state index in [-0.39, 0.29) is 11.4 Å². The number of amides is 3. The number of carbonyl (C=O) groups is 3. The van der Waals surface area contributed by atoms with E-state index in [1.165, 1.54) is 7.11 Å². The number of rotatable bonds is 6. The van der Waals surface area contributed by atoms with Crippen LogP contribution in [0.5, 0.6) is 5.75 Å². The Morgan fingerprint density at radius 2 is 1.83 bits per heavy atom. The Hall–Kier alpha value is -3.26. The van der Waals surface area contributed by atoms with Crippen LogP contribution in [0.4, 0.5) is 16.2 Å². The molecule has 0 bridgehead atoms. The summed E-state index contributed by atoms with van der Waals surface area (Å²) in [6.45, 7) is -0.361. The minimum absolute atomic E-state index is 0.290. The number of hydrogen-bond acceptors (Lipinski definition) is 6. The third kappa shape index (κ3) is 4.78. The summed E-state index contributed by atoms with van der Waals surface area (Å²) in [7, 11) is 5.38. The highest BCUT2D eigenvalue weighted by Crippen LogP contribution is 2.32. The van der Waals surface area contributed by atoms with E-state index in [9.17, 15) is 14.4 Å². The van der Waals surface area contributed by atoms with Gasteiger partial charge in [0.25, 0.3) is 11.1 Å². The van der Waals surface area contributed by atoms with Gasteiger partial charge in [-0.1, -0.05) is 24.3 Å². The molecule has 0 unspecified atom stereocenters. The SMILES string of the molecule is COc1ccccc1NC(=O)CN1C(=O)S/C(=C\c2ccc(N(C)C)cc2)C1=O. The molecule has 3 rings (SSSR count). The summed E-state index contributed by atoms with van der Waals surface area (Å²) in [4.78, 5) is 40.4. The van der Waals surface area contributed by atoms with E-state index in [1.807, 2.05) is 43.3 Å². The van der Waals surface area contributed by atoms with Crippen LogP contribution >= 0.6 is 11.8 Å². The molecular weight excluding hydrogens is 390 g/mol. The summed E-state index contributed by atoms with van der Waals surface area (Å²) in [5, 5.41) is 2.20. The maximum atomic E-state index is 12.6. The quantitative estimate of drug-likeness (QED) is 0.734. The molecule has 7 nitrogen and oxygen atoms in total. The average molecular weight is 411 g/mol. The van der Waals surface area contributed by atoms with E-state index < -0.39 is 17.1 Å². The van der Waals surface area contributed by atoms with E-state index in [2.05, 4.69) is 5.32 Å². The van der Waals surface area contributed by atoms with Crippen LogP contribution in [-0.2, 0) is 9.59 Å². The molecule has 0 saturated carbocycles. The van der Waals surface area contributed by atoms with Crippen LogP contribution < -0.4 is 15.0 Å². The minimum atomic E-state index is -0.480. The van der Waals surface area contributed by atoms with Crippen LogP contribution in [-0.4, -0.2) is 49.7 Å². The standard InChI is InChI=1S/C21H21N3O4S/c1-23(2)15-10-8-14(9-11-15)12-18-20(26)24(21(27)29-18)13-19(25)22-16-6-4-5-7-17(16)28-3/h4-12H,13H2,1-3H3,(H,22,25)/b18-12-. The molecule has 0 aliphatic carbocycles. The molecular formula is C21H21N3O4S. The average Bonchev–Trinajstić information content (AvgIpc) is 2.96. The number of nitrogens with zero attached hydrogens (tertiary/aromatic N) is 2. The smallest absolute Gasteiger partial charge is 0.294 e. The summed E-state index contributed by atoms with van der Waals surface area (Å²) in [6, 6.07) is 14.5. The Kier molecular flexibility index (Phi) is 6.23. The predicted molar refractivity (Wildman–Crippen MR) is 115 cm³/mol. The highest BCUT2D eigenvalue weighted by Gasteiger charge is 2.36. The van der Waals surface area contributed by atoms with Crippen molar-refractivity contribution in [2.24, 2.45) is 0 Å². The summed E-state index contributed by atoms with van der Waals surface area (Å²) in [6.07, 6.45) is 1.66. The number of methoxy groups -OCH3 is 1. The Morgan fingerprint density at radius 1 is 1.14 bits per heavy atom. The van der Waals surface area contributed by atoms with Gasteiger partial charge in [-0.2, -0.15) is 0 Å². The lowest BCUT2D eigenvalue weighted by atomic mass is 10.2. The monoisotopic (exact) mass is 411 g/mol. The van der Waals surface area contributed by atoms with Crippen molar-refractivity contribution in [2.45, 2.75) is 0 Å². The number of thioether (sulfide) groups is 1. The number of ether oxygens (including phenoxy) is 1. The molecule has 0 atom stereocenters. The first-order valence-corrected chi connectivity index (χ1v) is 9.66. The second kappa shape index (κ2) is 8.83. The van der Waals surface area contributed by atoms with Gasteiger partial charge in [0, 0.05) is 19.8 Å². The maximum absolute atomic E-state index is 12.6. The van der Waals surface area contributed by atoms with Crippen molar-refractivity contribution in [3.05, 3.63) is 59.0 Å². The van der Waals surface area contributed by atoms with Crippen LogP contribution in [0, 0.1) is 0 Å². The van der Waals surface area contributed by atoms with E-state index in [0.29, 0.717) is 11.4 Å². The highest BCUT2D eigenvalue weighted by molar-refractivity contribution is 8.18. The van der Waals surface area contributed by atoms with E-state index in [1.54, 1.807) is 30.3 Å². The van der Waals surface area contributed by atoms with Crippen molar-refractivity contribution in [3.8, 4) is 5.75 Å². The first kappa shape index (κ1) is 20.5. The van der Waals surface area contributed by atoms with Gasteiger partial charge in [0.2, 0.25) is 5.91 Å². The lowest BCUT2D eigenvalue weighted by molar-refractivity contribution is -0.127. The second-order valence-corrected chi connectivity index (χ2v) is 7.50. The number of nitrogens with one attached hydrogen (secondary N) is 1. The van der Waals surface area contributed by atoms with Gasteiger partial charge in [-0.3, -0.25) is 19.3 Å². The fourth-order valence-corrected chi connectivity index (χ4v) is 3.58. The molecule has 1 aliphatic rings. The number of carbonyl (C=O) groups excluding carboxylic acids is 3. The number of para-hydroxylation sites is 2. The Morgan fingerprint density at radius 3 is 2.48 bits per heavy atom. The van der Waals surface area contributed by atoms with Crippen molar-refractivity contribution in [3.63, 3.8) is 0 Å². The van der Waals surface area contributed by atoms with Crippen LogP contribution in [0.25, 0.3) is 6.08 Å². The highest BCUT2D eigenvalue weighted by atomic mass is 32.2. The molecule has 0 spiro atoms. The van der Waals surface area contributed by atoms with Crippen molar-refractivity contribution < 1.29 is 19.1 Å². The van der Waals surface area contributed by atoms with Gasteiger partial charge < -0.3 is 15.0 Å². The Balaban J connectivity index is 1.69. The van der Waals surface area contributed by atoms with Crippen molar-refractivity contribution >= 4 is 46.3 Å². The van der Waals surface area contributed by atoms with E-state index in [0.717, 1.165) is 27.9 Å². The zero-order valence-electron chi connectivity index (χ0n) is 16.3. The second-order valence-electron chi connectivity index (χ2n) is 6.50. The third-order valence-electron chi connectivity index (χ3n) is 4.26. The largest absolute Gasteiger partial charge is 0.495 e. The fourth-order valence-electron chi connectivity index (χ4n) is 2.74. The maximum Gasteiger partial charge on any atom is 0.294 e. The van der Waals surface area contributed by atoms with E-state index in [4.69, 9.17) is 4.74 Å². The number of benzene rings is 2. The molecule has 0 radical (unpaired) electrons. The fraction of sp³-hybridized carbons (Fsp3) is 0.190. The van der Waals surface area contributed by atoms with Crippen LogP contribution in [0.1, 0.15) is 5.56 Å². The van der Waals surface area contributed by atoms with Gasteiger partial charge in [-0.05, 0) is 47.7 Å². The van der Waals surface area contributed by atoms with Crippen LogP contribution in [0.15, 0.2) is 53.4 Å². The summed E-state index contributed by atoms with van der Waals surface area (Å²) < 4.78 is 5.19. The van der Waals surface area contributed by atoms with Crippen molar-refractivity contribution in [1.82, 2.24) is 4.90 Å². The summed E-state index contributed by atoms with van der Waals surface area (Å²) >= 11 is 0.827. The molecule has 2 aromatic rings. The summed E-state index contributed by atoms with van der Waals surface area (Å²) in [5.41, 5.74) is 2.31. The number of imide groups is 1. The first-order valence-electron chi connectivity index (χ1n) is 8.84. The molecule has 1 fully saturated rings. The molecule has 1 saturated heterocycles. The lowest BCUT2D eigenvalue weighted by Gasteiger charge is -2.14. The zero-order chi connectivity index (χ0) is 21.0. The predicted octanol–water partition coefficient (Wildman–Crippen LogP) is 3.44. The normalized spacial score (nSPS) is 15.0. The van der Waals surface area contributed by atoms with Gasteiger partial charge in [0.05, 0.1) is 17.7 Å². The summed E-state index contributed by atoms with van der Waals surface area (Å²) in [5.74, 6) is -0.462. The van der Waals surface area contributed by atoms with Crippen molar-refractivity contribution in [1.29, 1.82) is 0 Å². The van der Waals surface area contributed by atoms with Gasteiger partial charge in [0.1, 0.15) is 12.3 Å². The molecule has 1 heterocycles. The molecule has 29 heavy (non-hydrogen) atoms.